The summed E-state index contributed by atoms with van der Waals surface area (Å²) in [6, 6.07) is 5.12. The number of rotatable bonds is 7. The number of benzene rings is 1. The average molecular weight is 238 g/mol. The maximum Gasteiger partial charge on any atom is 0.123 e. The molecule has 2 N–H and O–H groups in total. The normalized spacial score (nSPS) is 11.1. The molecule has 1 rings (SSSR count). The van der Waals surface area contributed by atoms with Gasteiger partial charge in [0, 0.05) is 13.1 Å². The summed E-state index contributed by atoms with van der Waals surface area (Å²) in [6.07, 6.45) is 2.25. The van der Waals surface area contributed by atoms with Crippen LogP contribution in [0.4, 0.5) is 4.39 Å². The van der Waals surface area contributed by atoms with E-state index < -0.39 is 0 Å². The first-order valence-corrected chi connectivity index (χ1v) is 6.40. The predicted molar refractivity (Wildman–Crippen MR) is 70.2 cm³/mol. The molecule has 0 fully saturated rings. The molecule has 17 heavy (non-hydrogen) atoms. The fraction of sp³-hybridized carbons (Fsp3) is 0.571. The third kappa shape index (κ3) is 4.84. The van der Waals surface area contributed by atoms with Gasteiger partial charge in [-0.05, 0) is 49.2 Å². The molecule has 1 aromatic carbocycles. The molecule has 0 heterocycles. The summed E-state index contributed by atoms with van der Waals surface area (Å²) in [6.45, 7) is 7.66. The SMILES string of the molecule is CCCN(CCC)Cc1cc(F)cc(CN)c1. The topological polar surface area (TPSA) is 29.3 Å². The first-order valence-electron chi connectivity index (χ1n) is 6.40. The van der Waals surface area contributed by atoms with E-state index in [0.29, 0.717) is 6.54 Å². The van der Waals surface area contributed by atoms with Gasteiger partial charge in [-0.25, -0.2) is 4.39 Å². The van der Waals surface area contributed by atoms with Crippen LogP contribution in [-0.2, 0) is 13.1 Å². The van der Waals surface area contributed by atoms with Gasteiger partial charge >= 0.3 is 0 Å². The Labute approximate surface area is 104 Å². The summed E-state index contributed by atoms with van der Waals surface area (Å²) in [4.78, 5) is 2.36. The second kappa shape index (κ2) is 7.41. The van der Waals surface area contributed by atoms with Gasteiger partial charge in [0.15, 0.2) is 0 Å². The Morgan fingerprint density at radius 2 is 1.65 bits per heavy atom. The summed E-state index contributed by atoms with van der Waals surface area (Å²) in [7, 11) is 0. The van der Waals surface area contributed by atoms with Gasteiger partial charge in [-0.2, -0.15) is 0 Å². The Morgan fingerprint density at radius 3 is 2.18 bits per heavy atom. The lowest BCUT2D eigenvalue weighted by Crippen LogP contribution is -2.25. The van der Waals surface area contributed by atoms with E-state index in [2.05, 4.69) is 18.7 Å². The quantitative estimate of drug-likeness (QED) is 0.791. The van der Waals surface area contributed by atoms with Crippen molar-refractivity contribution in [1.82, 2.24) is 4.90 Å². The zero-order valence-corrected chi connectivity index (χ0v) is 10.9. The third-order valence-electron chi connectivity index (χ3n) is 2.74. The van der Waals surface area contributed by atoms with Crippen LogP contribution in [0.1, 0.15) is 37.8 Å². The smallest absolute Gasteiger partial charge is 0.123 e. The van der Waals surface area contributed by atoms with Crippen LogP contribution in [0.15, 0.2) is 18.2 Å². The largest absolute Gasteiger partial charge is 0.326 e. The fourth-order valence-corrected chi connectivity index (χ4v) is 2.09. The lowest BCUT2D eigenvalue weighted by Gasteiger charge is -2.21. The molecule has 0 aliphatic carbocycles. The number of hydrogen-bond donors (Lipinski definition) is 1. The van der Waals surface area contributed by atoms with Crippen molar-refractivity contribution >= 4 is 0 Å². The number of hydrogen-bond acceptors (Lipinski definition) is 2. The van der Waals surface area contributed by atoms with E-state index in [1.807, 2.05) is 6.07 Å². The maximum atomic E-state index is 13.4. The van der Waals surface area contributed by atoms with Crippen molar-refractivity contribution in [3.8, 4) is 0 Å². The van der Waals surface area contributed by atoms with Gasteiger partial charge in [0.2, 0.25) is 0 Å². The van der Waals surface area contributed by atoms with Crippen LogP contribution in [0.3, 0.4) is 0 Å². The van der Waals surface area contributed by atoms with E-state index in [9.17, 15) is 4.39 Å². The summed E-state index contributed by atoms with van der Waals surface area (Å²) in [5.74, 6) is -0.184. The number of nitrogens with zero attached hydrogens (tertiary/aromatic N) is 1. The van der Waals surface area contributed by atoms with Crippen molar-refractivity contribution in [1.29, 1.82) is 0 Å². The lowest BCUT2D eigenvalue weighted by atomic mass is 10.1. The molecular formula is C14H23FN2. The molecule has 0 aliphatic rings. The Morgan fingerprint density at radius 1 is 1.06 bits per heavy atom. The number of nitrogens with two attached hydrogens (primary N) is 1. The monoisotopic (exact) mass is 238 g/mol. The molecule has 2 nitrogen and oxygen atoms in total. The molecule has 96 valence electrons. The minimum atomic E-state index is -0.184. The van der Waals surface area contributed by atoms with Crippen LogP contribution in [0.5, 0.6) is 0 Å². The molecular weight excluding hydrogens is 215 g/mol. The molecule has 0 aromatic heterocycles. The molecule has 3 heteroatoms. The van der Waals surface area contributed by atoms with E-state index >= 15 is 0 Å². The Bertz CT molecular complexity index is 333. The number of halogens is 1. The van der Waals surface area contributed by atoms with Gasteiger partial charge in [0.1, 0.15) is 5.82 Å². The lowest BCUT2D eigenvalue weighted by molar-refractivity contribution is 0.266. The highest BCUT2D eigenvalue weighted by molar-refractivity contribution is 5.24. The highest BCUT2D eigenvalue weighted by Gasteiger charge is 2.06. The first-order chi connectivity index (χ1) is 8.19. The standard InChI is InChI=1S/C14H23FN2/c1-3-5-17(6-4-2)11-13-7-12(10-16)8-14(15)9-13/h7-9H,3-6,10-11,16H2,1-2H3. The van der Waals surface area contributed by atoms with E-state index in [1.165, 1.54) is 6.07 Å². The van der Waals surface area contributed by atoms with Crippen molar-refractivity contribution in [2.75, 3.05) is 13.1 Å². The summed E-state index contributed by atoms with van der Waals surface area (Å²) in [5.41, 5.74) is 7.44. The van der Waals surface area contributed by atoms with E-state index in [1.54, 1.807) is 6.07 Å². The van der Waals surface area contributed by atoms with Gasteiger partial charge in [-0.15, -0.1) is 0 Å². The molecule has 0 atom stereocenters. The van der Waals surface area contributed by atoms with Crippen LogP contribution in [0.2, 0.25) is 0 Å². The van der Waals surface area contributed by atoms with Crippen molar-refractivity contribution in [3.05, 3.63) is 35.1 Å². The van der Waals surface area contributed by atoms with Crippen LogP contribution in [0, 0.1) is 5.82 Å². The molecule has 0 amide bonds. The van der Waals surface area contributed by atoms with Gasteiger partial charge < -0.3 is 5.73 Å². The van der Waals surface area contributed by atoms with Crippen LogP contribution < -0.4 is 5.73 Å². The molecule has 1 aromatic rings. The van der Waals surface area contributed by atoms with Crippen molar-refractivity contribution in [2.45, 2.75) is 39.8 Å². The molecule has 0 radical (unpaired) electrons. The van der Waals surface area contributed by atoms with Gasteiger partial charge in [0.25, 0.3) is 0 Å². The van der Waals surface area contributed by atoms with Crippen molar-refractivity contribution < 1.29 is 4.39 Å². The Kier molecular flexibility index (Phi) is 6.16. The zero-order valence-electron chi connectivity index (χ0n) is 10.9. The molecule has 0 bridgehead atoms. The molecule has 0 spiro atoms. The summed E-state index contributed by atoms with van der Waals surface area (Å²) < 4.78 is 13.4. The third-order valence-corrected chi connectivity index (χ3v) is 2.74. The molecule has 0 saturated carbocycles. The highest BCUT2D eigenvalue weighted by atomic mass is 19.1. The van der Waals surface area contributed by atoms with Crippen LogP contribution >= 0.6 is 0 Å². The highest BCUT2D eigenvalue weighted by Crippen LogP contribution is 2.12. The second-order valence-electron chi connectivity index (χ2n) is 4.45. The first kappa shape index (κ1) is 14.1. The Balaban J connectivity index is 2.73. The molecule has 0 saturated heterocycles. The minimum absolute atomic E-state index is 0.184. The molecule has 0 unspecified atom stereocenters. The minimum Gasteiger partial charge on any atom is -0.326 e. The van der Waals surface area contributed by atoms with Crippen LogP contribution in [0.25, 0.3) is 0 Å². The van der Waals surface area contributed by atoms with Gasteiger partial charge in [-0.3, -0.25) is 4.90 Å². The second-order valence-corrected chi connectivity index (χ2v) is 4.45. The maximum absolute atomic E-state index is 13.4. The van der Waals surface area contributed by atoms with E-state index in [-0.39, 0.29) is 5.82 Å². The molecule has 0 aliphatic heterocycles. The van der Waals surface area contributed by atoms with E-state index in [0.717, 1.165) is 43.6 Å². The zero-order chi connectivity index (χ0) is 12.7. The summed E-state index contributed by atoms with van der Waals surface area (Å²) in [5, 5.41) is 0. The average Bonchev–Trinajstić information content (AvgIpc) is 2.29. The van der Waals surface area contributed by atoms with E-state index in [4.69, 9.17) is 5.73 Å². The van der Waals surface area contributed by atoms with Gasteiger partial charge in [0.05, 0.1) is 0 Å². The predicted octanol–water partition coefficient (Wildman–Crippen LogP) is 2.91. The van der Waals surface area contributed by atoms with Crippen LogP contribution in [-0.4, -0.2) is 18.0 Å². The Hall–Kier alpha value is -0.930. The van der Waals surface area contributed by atoms with Gasteiger partial charge in [-0.1, -0.05) is 19.9 Å². The fourth-order valence-electron chi connectivity index (χ4n) is 2.09. The van der Waals surface area contributed by atoms with Crippen molar-refractivity contribution in [3.63, 3.8) is 0 Å². The summed E-state index contributed by atoms with van der Waals surface area (Å²) >= 11 is 0. The van der Waals surface area contributed by atoms with Crippen molar-refractivity contribution in [2.24, 2.45) is 5.73 Å².